The number of hydrogen-bond donors (Lipinski definition) is 2. The first-order valence-corrected chi connectivity index (χ1v) is 7.90. The van der Waals surface area contributed by atoms with Crippen LogP contribution in [0.25, 0.3) is 0 Å². The molecule has 0 aromatic carbocycles. The van der Waals surface area contributed by atoms with Gasteiger partial charge in [0.05, 0.1) is 5.54 Å². The van der Waals surface area contributed by atoms with Gasteiger partial charge in [0.15, 0.2) is 5.78 Å². The molecule has 1 rings (SSSR count). The number of hydrogen-bond acceptors (Lipinski definition) is 3. The Balaban J connectivity index is 2.96. The smallest absolute Gasteiger partial charge is 0.247 e. The highest BCUT2D eigenvalue weighted by molar-refractivity contribution is 5.96. The fourth-order valence-corrected chi connectivity index (χ4v) is 2.53. The molecule has 1 atom stereocenters. The second kappa shape index (κ2) is 6.78. The summed E-state index contributed by atoms with van der Waals surface area (Å²) in [5.74, 6) is -0.0403. The van der Waals surface area contributed by atoms with Crippen molar-refractivity contribution in [2.75, 3.05) is 13.1 Å². The lowest BCUT2D eigenvalue weighted by atomic mass is 9.68. The minimum absolute atomic E-state index is 0.0251. The first-order valence-electron chi connectivity index (χ1n) is 7.90. The molecule has 4 nitrogen and oxygen atoms in total. The van der Waals surface area contributed by atoms with Gasteiger partial charge in [0.1, 0.15) is 0 Å². The van der Waals surface area contributed by atoms with Crippen LogP contribution in [0.3, 0.4) is 0 Å². The van der Waals surface area contributed by atoms with E-state index in [4.69, 9.17) is 0 Å². The van der Waals surface area contributed by atoms with Crippen LogP contribution in [0.4, 0.5) is 0 Å². The Kier molecular flexibility index (Phi) is 5.74. The molecule has 0 aromatic heterocycles. The van der Waals surface area contributed by atoms with Crippen LogP contribution in [0.5, 0.6) is 0 Å². The highest BCUT2D eigenvalue weighted by Gasteiger charge is 2.44. The molecular weight excluding hydrogens is 276 g/mol. The van der Waals surface area contributed by atoms with Gasteiger partial charge >= 0.3 is 0 Å². The molecule has 1 aliphatic rings. The van der Waals surface area contributed by atoms with Gasteiger partial charge in [0.25, 0.3) is 0 Å². The molecule has 22 heavy (non-hydrogen) atoms. The van der Waals surface area contributed by atoms with E-state index in [1.807, 2.05) is 6.92 Å². The standard InChI is InChI=1S/C18H30N2O2/c1-12(10-13(2)15(4)21)14(3)16(22)20-18(7)11-19-9-8-17(18,5)6/h10,19H,8-9,11H2,1-7H3,(H,20,22)/b13-10-,14-12+. The minimum atomic E-state index is -0.288. The van der Waals surface area contributed by atoms with E-state index in [2.05, 4.69) is 31.4 Å². The number of piperidine rings is 1. The van der Waals surface area contributed by atoms with Crippen LogP contribution in [0, 0.1) is 5.41 Å². The summed E-state index contributed by atoms with van der Waals surface area (Å²) in [6, 6.07) is 0. The third kappa shape index (κ3) is 4.07. The maximum absolute atomic E-state index is 12.6. The third-order valence-corrected chi connectivity index (χ3v) is 5.21. The van der Waals surface area contributed by atoms with Crippen molar-refractivity contribution < 1.29 is 9.59 Å². The zero-order valence-electron chi connectivity index (χ0n) is 15.0. The summed E-state index contributed by atoms with van der Waals surface area (Å²) in [5, 5.41) is 6.56. The van der Waals surface area contributed by atoms with Gasteiger partial charge in [-0.15, -0.1) is 0 Å². The third-order valence-electron chi connectivity index (χ3n) is 5.21. The van der Waals surface area contributed by atoms with Crippen molar-refractivity contribution in [1.82, 2.24) is 10.6 Å². The number of Topliss-reactive ketones (excluding diaryl/α,β-unsaturated/α-hetero) is 1. The van der Waals surface area contributed by atoms with Crippen molar-refractivity contribution in [3.8, 4) is 0 Å². The molecule has 1 saturated heterocycles. The summed E-state index contributed by atoms with van der Waals surface area (Å²) in [4.78, 5) is 23.9. The molecule has 1 amide bonds. The lowest BCUT2D eigenvalue weighted by molar-refractivity contribution is -0.121. The van der Waals surface area contributed by atoms with Crippen LogP contribution in [-0.2, 0) is 9.59 Å². The normalized spacial score (nSPS) is 26.2. The van der Waals surface area contributed by atoms with Gasteiger partial charge in [-0.05, 0) is 64.1 Å². The van der Waals surface area contributed by atoms with E-state index in [1.54, 1.807) is 19.9 Å². The van der Waals surface area contributed by atoms with E-state index >= 15 is 0 Å². The summed E-state index contributed by atoms with van der Waals surface area (Å²) >= 11 is 0. The summed E-state index contributed by atoms with van der Waals surface area (Å²) in [6.07, 6.45) is 2.80. The van der Waals surface area contributed by atoms with E-state index in [1.165, 1.54) is 6.92 Å². The maximum atomic E-state index is 12.6. The van der Waals surface area contributed by atoms with E-state index in [0.29, 0.717) is 11.1 Å². The number of ketones is 1. The molecule has 4 heteroatoms. The molecule has 1 fully saturated rings. The van der Waals surface area contributed by atoms with Crippen LogP contribution in [0.1, 0.15) is 54.9 Å². The van der Waals surface area contributed by atoms with Gasteiger partial charge in [-0.3, -0.25) is 9.59 Å². The monoisotopic (exact) mass is 306 g/mol. The minimum Gasteiger partial charge on any atom is -0.345 e. The van der Waals surface area contributed by atoms with Gasteiger partial charge in [0.2, 0.25) is 5.91 Å². The fourth-order valence-electron chi connectivity index (χ4n) is 2.53. The predicted octanol–water partition coefficient (Wildman–Crippen LogP) is 2.75. The highest BCUT2D eigenvalue weighted by atomic mass is 16.2. The zero-order chi connectivity index (χ0) is 17.1. The van der Waals surface area contributed by atoms with Gasteiger partial charge in [-0.2, -0.15) is 0 Å². The molecule has 1 aliphatic heterocycles. The van der Waals surface area contributed by atoms with Crippen LogP contribution in [0.2, 0.25) is 0 Å². The number of allylic oxidation sites excluding steroid dienone is 3. The molecule has 0 saturated carbocycles. The van der Waals surface area contributed by atoms with E-state index in [9.17, 15) is 9.59 Å². The SMILES string of the molecule is CC(=O)/C(C)=C\C(C)=C(/C)C(=O)NC1(C)CNCCC1(C)C. The Labute approximate surface area is 134 Å². The van der Waals surface area contributed by atoms with Crippen molar-refractivity contribution in [1.29, 1.82) is 0 Å². The Hall–Kier alpha value is -1.42. The number of rotatable bonds is 4. The topological polar surface area (TPSA) is 58.2 Å². The Bertz CT molecular complexity index is 529. The molecule has 124 valence electrons. The highest BCUT2D eigenvalue weighted by Crippen LogP contribution is 2.36. The molecule has 0 spiro atoms. The van der Waals surface area contributed by atoms with E-state index in [-0.39, 0.29) is 22.6 Å². The van der Waals surface area contributed by atoms with Crippen LogP contribution in [0.15, 0.2) is 22.8 Å². The molecule has 1 heterocycles. The van der Waals surface area contributed by atoms with Crippen LogP contribution >= 0.6 is 0 Å². The molecule has 0 aromatic rings. The van der Waals surface area contributed by atoms with Crippen molar-refractivity contribution >= 4 is 11.7 Å². The second-order valence-corrected chi connectivity index (χ2v) is 7.29. The van der Waals surface area contributed by atoms with Crippen molar-refractivity contribution in [3.63, 3.8) is 0 Å². The van der Waals surface area contributed by atoms with Crippen molar-refractivity contribution in [3.05, 3.63) is 22.8 Å². The summed E-state index contributed by atoms with van der Waals surface area (Å²) in [6.45, 7) is 15.2. The number of amides is 1. The van der Waals surface area contributed by atoms with Crippen LogP contribution in [-0.4, -0.2) is 30.3 Å². The van der Waals surface area contributed by atoms with Crippen LogP contribution < -0.4 is 10.6 Å². The molecular formula is C18H30N2O2. The maximum Gasteiger partial charge on any atom is 0.247 e. The van der Waals surface area contributed by atoms with E-state index in [0.717, 1.165) is 25.1 Å². The molecule has 0 radical (unpaired) electrons. The Morgan fingerprint density at radius 2 is 1.68 bits per heavy atom. The van der Waals surface area contributed by atoms with E-state index < -0.39 is 0 Å². The second-order valence-electron chi connectivity index (χ2n) is 7.29. The Morgan fingerprint density at radius 3 is 2.18 bits per heavy atom. The van der Waals surface area contributed by atoms with Crippen molar-refractivity contribution in [2.24, 2.45) is 5.41 Å². The van der Waals surface area contributed by atoms with Gasteiger partial charge < -0.3 is 10.6 Å². The fraction of sp³-hybridized carbons (Fsp3) is 0.667. The summed E-state index contributed by atoms with van der Waals surface area (Å²) in [7, 11) is 0. The number of carbonyl (C=O) groups excluding carboxylic acids is 2. The Morgan fingerprint density at radius 1 is 1.09 bits per heavy atom. The number of nitrogens with one attached hydrogen (secondary N) is 2. The molecule has 0 bridgehead atoms. The molecule has 0 aliphatic carbocycles. The van der Waals surface area contributed by atoms with Crippen molar-refractivity contribution in [2.45, 2.75) is 60.4 Å². The molecule has 1 unspecified atom stereocenters. The predicted molar refractivity (Wildman–Crippen MR) is 90.6 cm³/mol. The summed E-state index contributed by atoms with van der Waals surface area (Å²) in [5.41, 5.74) is 1.89. The average Bonchev–Trinajstić information content (AvgIpc) is 2.41. The largest absolute Gasteiger partial charge is 0.345 e. The lowest BCUT2D eigenvalue weighted by Crippen LogP contribution is -2.64. The van der Waals surface area contributed by atoms with Gasteiger partial charge in [0, 0.05) is 12.1 Å². The van der Waals surface area contributed by atoms with Gasteiger partial charge in [-0.25, -0.2) is 0 Å². The number of carbonyl (C=O) groups is 2. The lowest BCUT2D eigenvalue weighted by Gasteiger charge is -2.48. The van der Waals surface area contributed by atoms with Gasteiger partial charge in [-0.1, -0.05) is 19.9 Å². The first-order chi connectivity index (χ1) is 10.00. The first kappa shape index (κ1) is 18.6. The average molecular weight is 306 g/mol. The zero-order valence-corrected chi connectivity index (χ0v) is 15.0. The quantitative estimate of drug-likeness (QED) is 0.620. The summed E-state index contributed by atoms with van der Waals surface area (Å²) < 4.78 is 0. The molecule has 2 N–H and O–H groups in total.